The number of nitrogens with two attached hydrogens (primary N) is 2. The van der Waals surface area contributed by atoms with Crippen LogP contribution in [0.4, 0.5) is 11.5 Å². The highest BCUT2D eigenvalue weighted by Gasteiger charge is 2.05. The molecule has 0 aliphatic carbocycles. The molecule has 6 nitrogen and oxygen atoms in total. The Morgan fingerprint density at radius 3 is 2.36 bits per heavy atom. The highest BCUT2D eigenvalue weighted by molar-refractivity contribution is 5.35. The monoisotopic (exact) mass is 190 g/mol. The Balaban J connectivity index is 2.49. The number of rotatable bonds is 1. The normalized spacial score (nSPS) is 10.4. The molecule has 0 atom stereocenters. The Morgan fingerprint density at radius 1 is 1.21 bits per heavy atom. The number of nitrogens with zero attached hydrogens (tertiary/aromatic N) is 4. The van der Waals surface area contributed by atoms with Crippen LogP contribution >= 0.6 is 0 Å². The molecular formula is C8H10N6. The second-order valence-electron chi connectivity index (χ2n) is 2.94. The maximum Gasteiger partial charge on any atom is 0.250 e. The van der Waals surface area contributed by atoms with Gasteiger partial charge >= 0.3 is 0 Å². The first-order valence-corrected chi connectivity index (χ1v) is 4.07. The van der Waals surface area contributed by atoms with Crippen molar-refractivity contribution < 1.29 is 0 Å². The molecule has 0 saturated carbocycles. The van der Waals surface area contributed by atoms with Gasteiger partial charge in [-0.15, -0.1) is 5.10 Å². The third-order valence-electron chi connectivity index (χ3n) is 1.75. The summed E-state index contributed by atoms with van der Waals surface area (Å²) in [6.45, 7) is 1.88. The summed E-state index contributed by atoms with van der Waals surface area (Å²) >= 11 is 0. The molecule has 0 unspecified atom stereocenters. The van der Waals surface area contributed by atoms with Crippen molar-refractivity contribution in [3.8, 4) is 5.95 Å². The lowest BCUT2D eigenvalue weighted by molar-refractivity contribution is 0.787. The molecule has 0 radical (unpaired) electrons. The fourth-order valence-electron chi connectivity index (χ4n) is 1.14. The number of aryl methyl sites for hydroxylation is 1. The SMILES string of the molecule is Cc1cc(N)nn1-c1ncc(N)cn1. The van der Waals surface area contributed by atoms with Crippen LogP contribution in [0.15, 0.2) is 18.5 Å². The van der Waals surface area contributed by atoms with Crippen molar-refractivity contribution in [2.24, 2.45) is 0 Å². The Labute approximate surface area is 80.6 Å². The van der Waals surface area contributed by atoms with Crippen molar-refractivity contribution in [3.05, 3.63) is 24.2 Å². The van der Waals surface area contributed by atoms with Gasteiger partial charge in [0, 0.05) is 11.8 Å². The van der Waals surface area contributed by atoms with E-state index in [1.165, 1.54) is 12.4 Å². The molecular weight excluding hydrogens is 180 g/mol. The summed E-state index contributed by atoms with van der Waals surface area (Å²) in [4.78, 5) is 8.06. The third kappa shape index (κ3) is 1.37. The molecule has 0 spiro atoms. The van der Waals surface area contributed by atoms with Gasteiger partial charge in [-0.25, -0.2) is 14.6 Å². The van der Waals surface area contributed by atoms with Gasteiger partial charge in [-0.05, 0) is 6.92 Å². The second kappa shape index (κ2) is 2.99. The van der Waals surface area contributed by atoms with Crippen LogP contribution < -0.4 is 11.5 Å². The van der Waals surface area contributed by atoms with Gasteiger partial charge in [0.05, 0.1) is 18.1 Å². The van der Waals surface area contributed by atoms with Crippen molar-refractivity contribution in [2.45, 2.75) is 6.92 Å². The molecule has 14 heavy (non-hydrogen) atoms. The zero-order chi connectivity index (χ0) is 10.1. The van der Waals surface area contributed by atoms with E-state index in [0.29, 0.717) is 17.5 Å². The van der Waals surface area contributed by atoms with E-state index in [1.54, 1.807) is 10.7 Å². The summed E-state index contributed by atoms with van der Waals surface area (Å²) in [5, 5.41) is 4.04. The van der Waals surface area contributed by atoms with Crippen molar-refractivity contribution in [2.75, 3.05) is 11.5 Å². The van der Waals surface area contributed by atoms with Gasteiger partial charge in [0.1, 0.15) is 5.82 Å². The Hall–Kier alpha value is -2.11. The fourth-order valence-corrected chi connectivity index (χ4v) is 1.14. The lowest BCUT2D eigenvalue weighted by atomic mass is 10.5. The number of hydrogen-bond donors (Lipinski definition) is 2. The summed E-state index contributed by atoms with van der Waals surface area (Å²) < 4.78 is 1.56. The summed E-state index contributed by atoms with van der Waals surface area (Å²) in [5.41, 5.74) is 12.4. The average Bonchev–Trinajstić information content (AvgIpc) is 2.47. The highest BCUT2D eigenvalue weighted by Crippen LogP contribution is 2.09. The maximum absolute atomic E-state index is 5.53. The largest absolute Gasteiger partial charge is 0.396 e. The minimum absolute atomic E-state index is 0.447. The van der Waals surface area contributed by atoms with Crippen LogP contribution in [0, 0.1) is 6.92 Å². The molecule has 0 amide bonds. The van der Waals surface area contributed by atoms with Crippen molar-refractivity contribution in [1.29, 1.82) is 0 Å². The van der Waals surface area contributed by atoms with E-state index >= 15 is 0 Å². The molecule has 0 fully saturated rings. The zero-order valence-electron chi connectivity index (χ0n) is 7.68. The molecule has 0 aromatic carbocycles. The first-order chi connectivity index (χ1) is 6.66. The fraction of sp³-hybridized carbons (Fsp3) is 0.125. The molecule has 0 bridgehead atoms. The summed E-state index contributed by atoms with van der Waals surface area (Å²) in [6, 6.07) is 1.75. The van der Waals surface area contributed by atoms with Gasteiger partial charge in [-0.1, -0.05) is 0 Å². The van der Waals surface area contributed by atoms with Crippen LogP contribution in [0.25, 0.3) is 5.95 Å². The van der Waals surface area contributed by atoms with Gasteiger partial charge < -0.3 is 11.5 Å². The van der Waals surface area contributed by atoms with E-state index in [0.717, 1.165) is 5.69 Å². The lowest BCUT2D eigenvalue weighted by Gasteiger charge is -2.00. The van der Waals surface area contributed by atoms with Crippen molar-refractivity contribution >= 4 is 11.5 Å². The second-order valence-corrected chi connectivity index (χ2v) is 2.94. The van der Waals surface area contributed by atoms with Gasteiger partial charge in [-0.2, -0.15) is 0 Å². The van der Waals surface area contributed by atoms with Crippen LogP contribution in [-0.4, -0.2) is 19.7 Å². The van der Waals surface area contributed by atoms with E-state index < -0.39 is 0 Å². The standard InChI is InChI=1S/C8H10N6/c1-5-2-7(10)13-14(5)8-11-3-6(9)4-12-8/h2-4H,9H2,1H3,(H2,10,13). The van der Waals surface area contributed by atoms with Gasteiger partial charge in [0.2, 0.25) is 0 Å². The highest BCUT2D eigenvalue weighted by atomic mass is 15.4. The smallest absolute Gasteiger partial charge is 0.250 e. The van der Waals surface area contributed by atoms with Crippen molar-refractivity contribution in [3.63, 3.8) is 0 Å². The number of hydrogen-bond acceptors (Lipinski definition) is 5. The van der Waals surface area contributed by atoms with Gasteiger partial charge in [-0.3, -0.25) is 0 Å². The summed E-state index contributed by atoms with van der Waals surface area (Å²) in [6.07, 6.45) is 3.05. The van der Waals surface area contributed by atoms with Crippen LogP contribution in [-0.2, 0) is 0 Å². The Morgan fingerprint density at radius 2 is 1.86 bits per heavy atom. The molecule has 2 rings (SSSR count). The van der Waals surface area contributed by atoms with E-state index in [1.807, 2.05) is 6.92 Å². The molecule has 0 aliphatic rings. The number of aromatic nitrogens is 4. The van der Waals surface area contributed by atoms with Crippen LogP contribution in [0.3, 0.4) is 0 Å². The average molecular weight is 190 g/mol. The van der Waals surface area contributed by atoms with Crippen molar-refractivity contribution in [1.82, 2.24) is 19.7 Å². The minimum atomic E-state index is 0.447. The molecule has 72 valence electrons. The predicted molar refractivity (Wildman–Crippen MR) is 52.7 cm³/mol. The van der Waals surface area contributed by atoms with E-state index in [2.05, 4.69) is 15.1 Å². The lowest BCUT2D eigenvalue weighted by Crippen LogP contribution is -2.05. The molecule has 0 aliphatic heterocycles. The molecule has 4 N–H and O–H groups in total. The van der Waals surface area contributed by atoms with Crippen LogP contribution in [0.5, 0.6) is 0 Å². The Kier molecular flexibility index (Phi) is 1.81. The van der Waals surface area contributed by atoms with E-state index in [4.69, 9.17) is 11.5 Å². The Bertz CT molecular complexity index is 443. The summed E-state index contributed by atoms with van der Waals surface area (Å²) in [7, 11) is 0. The molecule has 2 heterocycles. The number of nitrogen functional groups attached to an aromatic ring is 2. The predicted octanol–water partition coefficient (Wildman–Crippen LogP) is 0.135. The first-order valence-electron chi connectivity index (χ1n) is 4.07. The molecule has 2 aromatic rings. The topological polar surface area (TPSA) is 95.6 Å². The zero-order valence-corrected chi connectivity index (χ0v) is 7.68. The van der Waals surface area contributed by atoms with Crippen LogP contribution in [0.1, 0.15) is 5.69 Å². The van der Waals surface area contributed by atoms with Gasteiger partial charge in [0.25, 0.3) is 5.95 Å². The van der Waals surface area contributed by atoms with Crippen LogP contribution in [0.2, 0.25) is 0 Å². The number of anilines is 2. The maximum atomic E-state index is 5.53. The third-order valence-corrected chi connectivity index (χ3v) is 1.75. The first kappa shape index (κ1) is 8.49. The van der Waals surface area contributed by atoms with Gasteiger partial charge in [0.15, 0.2) is 0 Å². The van der Waals surface area contributed by atoms with E-state index in [-0.39, 0.29) is 0 Å². The molecule has 6 heteroatoms. The molecule has 2 aromatic heterocycles. The molecule has 0 saturated heterocycles. The quantitative estimate of drug-likeness (QED) is 0.666. The minimum Gasteiger partial charge on any atom is -0.396 e. The van der Waals surface area contributed by atoms with E-state index in [9.17, 15) is 0 Å². The summed E-state index contributed by atoms with van der Waals surface area (Å²) in [5.74, 6) is 0.913.